The van der Waals surface area contributed by atoms with E-state index in [-0.39, 0.29) is 34.5 Å². The van der Waals surface area contributed by atoms with Gasteiger partial charge in [-0.3, -0.25) is 20.3 Å². The van der Waals surface area contributed by atoms with Crippen LogP contribution >= 0.6 is 11.6 Å². The highest BCUT2D eigenvalue weighted by molar-refractivity contribution is 6.32. The molecular formula is C20H30ClN3O5. The molecule has 0 spiro atoms. The zero-order valence-corrected chi connectivity index (χ0v) is 17.6. The van der Waals surface area contributed by atoms with Gasteiger partial charge in [0, 0.05) is 19.5 Å². The fraction of sp³-hybridized carbons (Fsp3) is 0.650. The van der Waals surface area contributed by atoms with Crippen molar-refractivity contribution in [2.45, 2.75) is 64.4 Å². The van der Waals surface area contributed by atoms with Gasteiger partial charge in [0.1, 0.15) is 0 Å². The fourth-order valence-corrected chi connectivity index (χ4v) is 3.58. The zero-order chi connectivity index (χ0) is 21.2. The first kappa shape index (κ1) is 23.4. The van der Waals surface area contributed by atoms with Gasteiger partial charge in [-0.15, -0.1) is 0 Å². The number of nitrogens with zero attached hydrogens (tertiary/aromatic N) is 2. The molecule has 2 rings (SSSR count). The minimum atomic E-state index is -0.994. The summed E-state index contributed by atoms with van der Waals surface area (Å²) in [7, 11) is 0. The standard InChI is InChI=1S/C20H30ClN3O5/c1-15(25)16-10-11-17(21)20(19(16)24(27)28)29-14-8-3-2-5-9-18(26)22-23-12-6-4-7-13-23/h10-11,15,25H,2-9,12-14H2,1H3,(H,22,26). The molecule has 1 aliphatic heterocycles. The highest BCUT2D eigenvalue weighted by Gasteiger charge is 2.26. The van der Waals surface area contributed by atoms with Crippen molar-refractivity contribution < 1.29 is 19.6 Å². The van der Waals surface area contributed by atoms with E-state index in [4.69, 9.17) is 16.3 Å². The summed E-state index contributed by atoms with van der Waals surface area (Å²) in [6.45, 7) is 3.59. The summed E-state index contributed by atoms with van der Waals surface area (Å²) in [4.78, 5) is 22.7. The van der Waals surface area contributed by atoms with E-state index in [0.29, 0.717) is 12.8 Å². The summed E-state index contributed by atoms with van der Waals surface area (Å²) < 4.78 is 5.58. The molecule has 1 aromatic carbocycles. The number of hydrogen-bond acceptors (Lipinski definition) is 6. The quantitative estimate of drug-likeness (QED) is 0.312. The first-order chi connectivity index (χ1) is 13.9. The van der Waals surface area contributed by atoms with Crippen molar-refractivity contribution in [3.05, 3.63) is 32.8 Å². The van der Waals surface area contributed by atoms with Crippen LogP contribution in [0, 0.1) is 10.1 Å². The first-order valence-corrected chi connectivity index (χ1v) is 10.6. The molecule has 1 saturated heterocycles. The number of carbonyl (C=O) groups excluding carboxylic acids is 1. The number of benzene rings is 1. The van der Waals surface area contributed by atoms with E-state index < -0.39 is 11.0 Å². The monoisotopic (exact) mass is 427 g/mol. The number of aliphatic hydroxyl groups is 1. The van der Waals surface area contributed by atoms with Crippen LogP contribution in [-0.4, -0.2) is 40.6 Å². The van der Waals surface area contributed by atoms with E-state index in [9.17, 15) is 20.0 Å². The van der Waals surface area contributed by atoms with E-state index >= 15 is 0 Å². The van der Waals surface area contributed by atoms with Gasteiger partial charge in [0.25, 0.3) is 0 Å². The number of rotatable bonds is 11. The van der Waals surface area contributed by atoms with Crippen molar-refractivity contribution >= 4 is 23.2 Å². The third-order valence-corrected chi connectivity index (χ3v) is 5.23. The Labute approximate surface area is 176 Å². The molecule has 1 fully saturated rings. The zero-order valence-electron chi connectivity index (χ0n) is 16.9. The van der Waals surface area contributed by atoms with Crippen molar-refractivity contribution in [1.82, 2.24) is 10.4 Å². The number of unbranched alkanes of at least 4 members (excludes halogenated alkanes) is 3. The number of nitro groups is 1. The Morgan fingerprint density at radius 2 is 1.97 bits per heavy atom. The normalized spacial score (nSPS) is 15.7. The van der Waals surface area contributed by atoms with Crippen molar-refractivity contribution in [3.63, 3.8) is 0 Å². The molecule has 29 heavy (non-hydrogen) atoms. The number of aliphatic hydroxyl groups excluding tert-OH is 1. The third kappa shape index (κ3) is 7.45. The van der Waals surface area contributed by atoms with Gasteiger partial charge in [0.15, 0.2) is 0 Å². The van der Waals surface area contributed by atoms with Crippen molar-refractivity contribution in [2.75, 3.05) is 19.7 Å². The van der Waals surface area contributed by atoms with Crippen LogP contribution in [0.3, 0.4) is 0 Å². The molecule has 1 aliphatic rings. The largest absolute Gasteiger partial charge is 0.486 e. The van der Waals surface area contributed by atoms with Crippen LogP contribution in [0.25, 0.3) is 0 Å². The summed E-state index contributed by atoms with van der Waals surface area (Å²) in [6.07, 6.45) is 6.19. The molecule has 0 radical (unpaired) electrons. The number of halogens is 1. The number of amides is 1. The second kappa shape index (κ2) is 11.9. The van der Waals surface area contributed by atoms with Gasteiger partial charge in [0.2, 0.25) is 11.7 Å². The van der Waals surface area contributed by atoms with Crippen LogP contribution in [0.15, 0.2) is 12.1 Å². The predicted octanol–water partition coefficient (Wildman–Crippen LogP) is 4.15. The van der Waals surface area contributed by atoms with Gasteiger partial charge in [-0.05, 0) is 44.7 Å². The third-order valence-electron chi connectivity index (χ3n) is 4.93. The molecule has 0 saturated carbocycles. The number of ether oxygens (including phenoxy) is 1. The average molecular weight is 428 g/mol. The molecule has 0 bridgehead atoms. The molecular weight excluding hydrogens is 398 g/mol. The molecule has 9 heteroatoms. The van der Waals surface area contributed by atoms with Crippen LogP contribution in [0.2, 0.25) is 5.02 Å². The Bertz CT molecular complexity index is 693. The number of nitro benzene ring substituents is 1. The number of hydrogen-bond donors (Lipinski definition) is 2. The summed E-state index contributed by atoms with van der Waals surface area (Å²) in [5, 5.41) is 23.3. The second-order valence-corrected chi connectivity index (χ2v) is 7.75. The van der Waals surface area contributed by atoms with E-state index in [1.165, 1.54) is 25.5 Å². The second-order valence-electron chi connectivity index (χ2n) is 7.34. The van der Waals surface area contributed by atoms with Gasteiger partial charge in [-0.1, -0.05) is 30.9 Å². The maximum Gasteiger partial charge on any atom is 0.318 e. The van der Waals surface area contributed by atoms with Gasteiger partial charge in [0.05, 0.1) is 28.2 Å². The number of piperidine rings is 1. The van der Waals surface area contributed by atoms with E-state index in [0.717, 1.165) is 45.2 Å². The maximum atomic E-state index is 11.9. The van der Waals surface area contributed by atoms with Crippen LogP contribution < -0.4 is 10.2 Å². The molecule has 1 atom stereocenters. The van der Waals surface area contributed by atoms with Crippen LogP contribution in [0.4, 0.5) is 5.69 Å². The van der Waals surface area contributed by atoms with Gasteiger partial charge < -0.3 is 9.84 Å². The number of carbonyl (C=O) groups is 1. The SMILES string of the molecule is CC(O)c1ccc(Cl)c(OCCCCCCC(=O)NN2CCCCC2)c1[N+](=O)[O-]. The van der Waals surface area contributed by atoms with Crippen molar-refractivity contribution in [2.24, 2.45) is 0 Å². The lowest BCUT2D eigenvalue weighted by atomic mass is 10.1. The molecule has 1 heterocycles. The smallest absolute Gasteiger partial charge is 0.318 e. The molecule has 2 N–H and O–H groups in total. The predicted molar refractivity (Wildman–Crippen MR) is 111 cm³/mol. The lowest BCUT2D eigenvalue weighted by Crippen LogP contribution is -2.44. The maximum absolute atomic E-state index is 11.9. The van der Waals surface area contributed by atoms with Gasteiger partial charge >= 0.3 is 5.69 Å². The van der Waals surface area contributed by atoms with Crippen molar-refractivity contribution in [1.29, 1.82) is 0 Å². The molecule has 162 valence electrons. The van der Waals surface area contributed by atoms with Gasteiger partial charge in [-0.2, -0.15) is 0 Å². The van der Waals surface area contributed by atoms with E-state index in [2.05, 4.69) is 5.43 Å². The minimum absolute atomic E-state index is 0.00373. The lowest BCUT2D eigenvalue weighted by Gasteiger charge is -2.26. The highest BCUT2D eigenvalue weighted by atomic mass is 35.5. The molecule has 8 nitrogen and oxygen atoms in total. The van der Waals surface area contributed by atoms with Gasteiger partial charge in [-0.25, -0.2) is 5.01 Å². The molecule has 0 aliphatic carbocycles. The van der Waals surface area contributed by atoms with Crippen LogP contribution in [0.5, 0.6) is 5.75 Å². The molecule has 1 aromatic rings. The fourth-order valence-electron chi connectivity index (χ4n) is 3.38. The Morgan fingerprint density at radius 3 is 2.62 bits per heavy atom. The molecule has 1 unspecified atom stereocenters. The van der Waals surface area contributed by atoms with Crippen LogP contribution in [-0.2, 0) is 4.79 Å². The van der Waals surface area contributed by atoms with Crippen LogP contribution in [0.1, 0.15) is 70.0 Å². The lowest BCUT2D eigenvalue weighted by molar-refractivity contribution is -0.387. The topological polar surface area (TPSA) is 105 Å². The summed E-state index contributed by atoms with van der Waals surface area (Å²) in [6, 6.07) is 2.93. The summed E-state index contributed by atoms with van der Waals surface area (Å²) in [5.41, 5.74) is 2.84. The highest BCUT2D eigenvalue weighted by Crippen LogP contribution is 2.40. The summed E-state index contributed by atoms with van der Waals surface area (Å²) >= 11 is 6.07. The molecule has 1 amide bonds. The Hall–Kier alpha value is -1.90. The Balaban J connectivity index is 1.69. The first-order valence-electron chi connectivity index (χ1n) is 10.2. The molecule has 0 aromatic heterocycles. The number of nitrogens with one attached hydrogen (secondary N) is 1. The van der Waals surface area contributed by atoms with E-state index in [1.807, 2.05) is 5.01 Å². The Kier molecular flexibility index (Phi) is 9.63. The van der Waals surface area contributed by atoms with Crippen molar-refractivity contribution in [3.8, 4) is 5.75 Å². The minimum Gasteiger partial charge on any atom is -0.486 e. The van der Waals surface area contributed by atoms with E-state index in [1.54, 1.807) is 0 Å². The Morgan fingerprint density at radius 1 is 1.28 bits per heavy atom. The summed E-state index contributed by atoms with van der Waals surface area (Å²) in [5.74, 6) is 0.0523. The number of hydrazine groups is 1. The average Bonchev–Trinajstić information content (AvgIpc) is 2.68.